The molecule has 210 valence electrons. The summed E-state index contributed by atoms with van der Waals surface area (Å²) in [5, 5.41) is 4.26. The average Bonchev–Trinajstić information content (AvgIpc) is 2.92. The molecular formula is C30H37Cl2N3O4. The van der Waals surface area contributed by atoms with Crippen molar-refractivity contribution in [1.29, 1.82) is 0 Å². The Balaban J connectivity index is 1.44. The van der Waals surface area contributed by atoms with Gasteiger partial charge in [-0.05, 0) is 76.3 Å². The molecule has 2 aromatic rings. The summed E-state index contributed by atoms with van der Waals surface area (Å²) in [6, 6.07) is 11.1. The van der Waals surface area contributed by atoms with Crippen LogP contribution in [-0.4, -0.2) is 66.4 Å². The largest absolute Gasteiger partial charge is 0.466 e. The summed E-state index contributed by atoms with van der Waals surface area (Å²) < 4.78 is 5.16. The van der Waals surface area contributed by atoms with Crippen LogP contribution in [0.3, 0.4) is 0 Å². The van der Waals surface area contributed by atoms with Crippen LogP contribution >= 0.6 is 23.2 Å². The number of benzene rings is 2. The van der Waals surface area contributed by atoms with Crippen molar-refractivity contribution in [3.05, 3.63) is 68.7 Å². The van der Waals surface area contributed by atoms with Gasteiger partial charge in [0.2, 0.25) is 5.91 Å². The maximum atomic E-state index is 13.5. The molecule has 39 heavy (non-hydrogen) atoms. The molecule has 0 unspecified atom stereocenters. The Morgan fingerprint density at radius 3 is 2.28 bits per heavy atom. The van der Waals surface area contributed by atoms with Crippen molar-refractivity contribution in [2.45, 2.75) is 58.5 Å². The topological polar surface area (TPSA) is 79.0 Å². The Morgan fingerprint density at radius 2 is 1.64 bits per heavy atom. The molecule has 1 aliphatic heterocycles. The number of hydrogen-bond donors (Lipinski definition) is 1. The first-order valence-corrected chi connectivity index (χ1v) is 14.4. The zero-order valence-corrected chi connectivity index (χ0v) is 24.4. The molecule has 1 aliphatic carbocycles. The number of nitrogens with one attached hydrogen (secondary N) is 1. The number of amides is 2. The minimum Gasteiger partial charge on any atom is -0.466 e. The first-order valence-electron chi connectivity index (χ1n) is 13.7. The molecule has 0 radical (unpaired) electrons. The molecule has 1 saturated carbocycles. The molecule has 0 bridgehead atoms. The lowest BCUT2D eigenvalue weighted by Crippen LogP contribution is -2.54. The van der Waals surface area contributed by atoms with Crippen molar-refractivity contribution in [3.63, 3.8) is 0 Å². The van der Waals surface area contributed by atoms with Gasteiger partial charge in [0.25, 0.3) is 5.91 Å². The Labute approximate surface area is 240 Å². The van der Waals surface area contributed by atoms with Crippen molar-refractivity contribution >= 4 is 41.0 Å². The van der Waals surface area contributed by atoms with Gasteiger partial charge in [0.15, 0.2) is 0 Å². The number of carbonyl (C=O) groups excluding carboxylic acids is 3. The average molecular weight is 575 g/mol. The number of rotatable bonds is 7. The van der Waals surface area contributed by atoms with E-state index in [2.05, 4.69) is 5.32 Å². The Morgan fingerprint density at radius 1 is 0.949 bits per heavy atom. The van der Waals surface area contributed by atoms with Crippen LogP contribution in [0.15, 0.2) is 36.4 Å². The van der Waals surface area contributed by atoms with Crippen molar-refractivity contribution in [3.8, 4) is 0 Å². The molecule has 2 aromatic carbocycles. The van der Waals surface area contributed by atoms with Crippen LogP contribution in [0.5, 0.6) is 0 Å². The lowest BCUT2D eigenvalue weighted by atomic mass is 9.86. The molecule has 2 amide bonds. The molecule has 7 nitrogen and oxygen atoms in total. The fourth-order valence-corrected chi connectivity index (χ4v) is 5.98. The second kappa shape index (κ2) is 13.2. The van der Waals surface area contributed by atoms with E-state index in [1.807, 2.05) is 54.8 Å². The normalized spacial score (nSPS) is 21.5. The summed E-state index contributed by atoms with van der Waals surface area (Å²) in [5.74, 6) is -0.252. The number of piperazine rings is 1. The second-order valence-electron chi connectivity index (χ2n) is 10.6. The van der Waals surface area contributed by atoms with Gasteiger partial charge in [0.05, 0.1) is 35.2 Å². The van der Waals surface area contributed by atoms with Gasteiger partial charge in [-0.25, -0.2) is 0 Å². The zero-order chi connectivity index (χ0) is 28.1. The smallest absolute Gasteiger partial charge is 0.308 e. The molecule has 0 aromatic heterocycles. The number of nitrogens with zero attached hydrogens (tertiary/aromatic N) is 2. The van der Waals surface area contributed by atoms with Gasteiger partial charge in [-0.15, -0.1) is 0 Å². The summed E-state index contributed by atoms with van der Waals surface area (Å²) in [6.07, 6.45) is 3.17. The molecule has 1 saturated heterocycles. The van der Waals surface area contributed by atoms with Crippen LogP contribution in [0, 0.1) is 19.8 Å². The second-order valence-corrected chi connectivity index (χ2v) is 11.4. The van der Waals surface area contributed by atoms with Crippen molar-refractivity contribution in [1.82, 2.24) is 15.1 Å². The predicted octanol–water partition coefficient (Wildman–Crippen LogP) is 5.35. The first kappa shape index (κ1) is 29.4. The Hall–Kier alpha value is -2.61. The van der Waals surface area contributed by atoms with E-state index in [-0.39, 0.29) is 42.3 Å². The summed E-state index contributed by atoms with van der Waals surface area (Å²) in [4.78, 5) is 42.6. The number of aryl methyl sites for hydroxylation is 2. The summed E-state index contributed by atoms with van der Waals surface area (Å²) in [6.45, 7) is 7.59. The quantitative estimate of drug-likeness (QED) is 0.452. The molecular weight excluding hydrogens is 537 g/mol. The van der Waals surface area contributed by atoms with Crippen LogP contribution < -0.4 is 5.32 Å². The first-order chi connectivity index (χ1) is 18.7. The summed E-state index contributed by atoms with van der Waals surface area (Å²) in [5.41, 5.74) is 3.57. The number of halogens is 2. The maximum absolute atomic E-state index is 13.5. The third kappa shape index (κ3) is 7.33. The third-order valence-corrected chi connectivity index (χ3v) is 8.41. The van der Waals surface area contributed by atoms with Gasteiger partial charge in [-0.2, -0.15) is 0 Å². The minimum absolute atomic E-state index is 0.0305. The van der Waals surface area contributed by atoms with E-state index in [4.69, 9.17) is 27.9 Å². The molecule has 2 fully saturated rings. The molecule has 2 aliphatic rings. The van der Waals surface area contributed by atoms with E-state index in [0.29, 0.717) is 41.8 Å². The SMILES string of the molecule is CCOC(=O)C1CCC(NCC(=O)N2CCN(C(=O)c3cc(C)cc(C)c3)C[C@H]2c2ccc(Cl)c(Cl)c2)CC1. The van der Waals surface area contributed by atoms with Crippen LogP contribution in [0.25, 0.3) is 0 Å². The standard InChI is InChI=1S/C30H37Cl2N3O4/c1-4-39-30(38)21-5-8-24(9-6-21)33-17-28(36)35-12-11-34(29(37)23-14-19(2)13-20(3)15-23)18-27(35)22-7-10-25(31)26(32)16-22/h7,10,13-16,21,24,27,33H,4-6,8-9,11-12,17-18H2,1-3H3/t21?,24?,27-/m0/s1. The molecule has 4 rings (SSSR count). The predicted molar refractivity (Wildman–Crippen MR) is 153 cm³/mol. The van der Waals surface area contributed by atoms with Crippen molar-refractivity contribution in [2.75, 3.05) is 32.8 Å². The number of hydrogen-bond acceptors (Lipinski definition) is 5. The highest BCUT2D eigenvalue weighted by molar-refractivity contribution is 6.42. The molecule has 9 heteroatoms. The van der Waals surface area contributed by atoms with Gasteiger partial charge >= 0.3 is 5.97 Å². The van der Waals surface area contributed by atoms with E-state index in [1.165, 1.54) is 0 Å². The van der Waals surface area contributed by atoms with E-state index in [1.54, 1.807) is 12.1 Å². The van der Waals surface area contributed by atoms with E-state index < -0.39 is 0 Å². The van der Waals surface area contributed by atoms with E-state index in [9.17, 15) is 14.4 Å². The van der Waals surface area contributed by atoms with Crippen molar-refractivity contribution < 1.29 is 19.1 Å². The molecule has 1 atom stereocenters. The highest BCUT2D eigenvalue weighted by atomic mass is 35.5. The van der Waals surface area contributed by atoms with Crippen LogP contribution in [-0.2, 0) is 14.3 Å². The van der Waals surface area contributed by atoms with Crippen LogP contribution in [0.2, 0.25) is 10.0 Å². The molecule has 1 heterocycles. The summed E-state index contributed by atoms with van der Waals surface area (Å²) in [7, 11) is 0. The molecule has 0 spiro atoms. The summed E-state index contributed by atoms with van der Waals surface area (Å²) >= 11 is 12.5. The van der Waals surface area contributed by atoms with Crippen LogP contribution in [0.4, 0.5) is 0 Å². The number of esters is 1. The lowest BCUT2D eigenvalue weighted by molar-refractivity contribution is -0.149. The van der Waals surface area contributed by atoms with E-state index >= 15 is 0 Å². The van der Waals surface area contributed by atoms with Crippen molar-refractivity contribution in [2.24, 2.45) is 5.92 Å². The van der Waals surface area contributed by atoms with E-state index in [0.717, 1.165) is 42.4 Å². The minimum atomic E-state index is -0.350. The van der Waals surface area contributed by atoms with Crippen LogP contribution in [0.1, 0.15) is 65.7 Å². The molecule has 1 N–H and O–H groups in total. The monoisotopic (exact) mass is 573 g/mol. The van der Waals surface area contributed by atoms with Gasteiger partial charge in [0.1, 0.15) is 0 Å². The Bertz CT molecular complexity index is 1190. The number of carbonyl (C=O) groups is 3. The van der Waals surface area contributed by atoms with Gasteiger partial charge in [-0.1, -0.05) is 46.5 Å². The highest BCUT2D eigenvalue weighted by Crippen LogP contribution is 2.32. The zero-order valence-electron chi connectivity index (χ0n) is 22.8. The van der Waals surface area contributed by atoms with Gasteiger partial charge in [-0.3, -0.25) is 14.4 Å². The third-order valence-electron chi connectivity index (χ3n) is 7.67. The Kier molecular flexibility index (Phi) is 9.91. The fourth-order valence-electron chi connectivity index (χ4n) is 5.68. The maximum Gasteiger partial charge on any atom is 0.308 e. The lowest BCUT2D eigenvalue weighted by Gasteiger charge is -2.42. The van der Waals surface area contributed by atoms with Gasteiger partial charge < -0.3 is 19.9 Å². The highest BCUT2D eigenvalue weighted by Gasteiger charge is 2.35. The number of ether oxygens (including phenoxy) is 1. The van der Waals surface area contributed by atoms with Gasteiger partial charge in [0, 0.05) is 31.2 Å². The fraction of sp³-hybridized carbons (Fsp3) is 0.500.